The van der Waals surface area contributed by atoms with Crippen LogP contribution < -0.4 is 5.32 Å². The van der Waals surface area contributed by atoms with Crippen molar-refractivity contribution in [1.29, 1.82) is 0 Å². The van der Waals surface area contributed by atoms with Crippen molar-refractivity contribution in [3.63, 3.8) is 0 Å². The van der Waals surface area contributed by atoms with Crippen LogP contribution in [-0.4, -0.2) is 17.5 Å². The van der Waals surface area contributed by atoms with Crippen molar-refractivity contribution >= 4 is 22.7 Å². The Morgan fingerprint density at radius 1 is 1.26 bits per heavy atom. The van der Waals surface area contributed by atoms with Gasteiger partial charge in [-0.2, -0.15) is 11.8 Å². The van der Waals surface area contributed by atoms with Gasteiger partial charge >= 0.3 is 0 Å². The number of rotatable bonds is 3. The summed E-state index contributed by atoms with van der Waals surface area (Å²) in [5.41, 5.74) is 2.41. The van der Waals surface area contributed by atoms with Crippen LogP contribution in [0.5, 0.6) is 0 Å². The third kappa shape index (κ3) is 2.41. The quantitative estimate of drug-likeness (QED) is 0.911. The Balaban J connectivity index is 1.99. The molecule has 19 heavy (non-hydrogen) atoms. The van der Waals surface area contributed by atoms with Crippen molar-refractivity contribution < 1.29 is 4.42 Å². The van der Waals surface area contributed by atoms with Gasteiger partial charge in [0.2, 0.25) is 0 Å². The molecule has 2 heterocycles. The van der Waals surface area contributed by atoms with Crippen molar-refractivity contribution in [2.24, 2.45) is 0 Å². The minimum Gasteiger partial charge on any atom is -0.459 e. The average Bonchev–Trinajstić information content (AvgIpc) is 2.86. The van der Waals surface area contributed by atoms with Gasteiger partial charge in [-0.15, -0.1) is 0 Å². The molecule has 1 aromatic heterocycles. The maximum absolute atomic E-state index is 6.15. The molecule has 0 amide bonds. The van der Waals surface area contributed by atoms with Gasteiger partial charge in [0.1, 0.15) is 11.3 Å². The normalized spacial score (nSPS) is 23.9. The van der Waals surface area contributed by atoms with E-state index in [9.17, 15) is 0 Å². The number of fused-ring (bicyclic) bond motifs is 1. The SMILES string of the molecule is CCc1c(C2CSCC(CC)N2)oc2ccccc12. The van der Waals surface area contributed by atoms with Crippen molar-refractivity contribution in [1.82, 2.24) is 5.32 Å². The fourth-order valence-corrected chi connectivity index (χ4v) is 4.10. The largest absolute Gasteiger partial charge is 0.459 e. The molecule has 1 fully saturated rings. The lowest BCUT2D eigenvalue weighted by Crippen LogP contribution is -2.39. The molecule has 1 aliphatic heterocycles. The molecule has 102 valence electrons. The highest BCUT2D eigenvalue weighted by atomic mass is 32.2. The van der Waals surface area contributed by atoms with Crippen molar-refractivity contribution in [2.45, 2.75) is 38.8 Å². The summed E-state index contributed by atoms with van der Waals surface area (Å²) in [7, 11) is 0. The first kappa shape index (κ1) is 13.1. The fourth-order valence-electron chi connectivity index (χ4n) is 2.86. The summed E-state index contributed by atoms with van der Waals surface area (Å²) in [5, 5.41) is 5.02. The van der Waals surface area contributed by atoms with Gasteiger partial charge in [0.05, 0.1) is 6.04 Å². The molecular weight excluding hydrogens is 254 g/mol. The second-order valence-electron chi connectivity index (χ2n) is 5.16. The van der Waals surface area contributed by atoms with Crippen molar-refractivity contribution in [3.8, 4) is 0 Å². The van der Waals surface area contributed by atoms with Crippen LogP contribution in [0.25, 0.3) is 11.0 Å². The molecule has 2 unspecified atom stereocenters. The highest BCUT2D eigenvalue weighted by Crippen LogP contribution is 2.34. The molecule has 2 atom stereocenters. The zero-order valence-corrected chi connectivity index (χ0v) is 12.4. The molecule has 0 spiro atoms. The predicted octanol–water partition coefficient (Wildman–Crippen LogP) is 4.15. The number of hydrogen-bond acceptors (Lipinski definition) is 3. The Morgan fingerprint density at radius 3 is 2.89 bits per heavy atom. The summed E-state index contributed by atoms with van der Waals surface area (Å²) in [6.45, 7) is 4.47. The third-order valence-electron chi connectivity index (χ3n) is 3.93. The summed E-state index contributed by atoms with van der Waals surface area (Å²) in [4.78, 5) is 0. The summed E-state index contributed by atoms with van der Waals surface area (Å²) < 4.78 is 6.15. The topological polar surface area (TPSA) is 25.2 Å². The molecule has 2 aromatic rings. The Morgan fingerprint density at radius 2 is 2.11 bits per heavy atom. The van der Waals surface area contributed by atoms with E-state index in [2.05, 4.69) is 37.4 Å². The van der Waals surface area contributed by atoms with Gasteiger partial charge in [-0.3, -0.25) is 0 Å². The third-order valence-corrected chi connectivity index (χ3v) is 5.14. The van der Waals surface area contributed by atoms with E-state index in [1.807, 2.05) is 17.8 Å². The van der Waals surface area contributed by atoms with E-state index >= 15 is 0 Å². The molecule has 2 nitrogen and oxygen atoms in total. The van der Waals surface area contributed by atoms with Gasteiger partial charge in [-0.1, -0.05) is 32.0 Å². The summed E-state index contributed by atoms with van der Waals surface area (Å²) in [5.74, 6) is 3.49. The number of nitrogens with one attached hydrogen (secondary N) is 1. The van der Waals surface area contributed by atoms with E-state index in [4.69, 9.17) is 4.42 Å². The maximum atomic E-state index is 6.15. The van der Waals surface area contributed by atoms with Crippen LogP contribution in [0.1, 0.15) is 37.6 Å². The highest BCUT2D eigenvalue weighted by Gasteiger charge is 2.27. The standard InChI is InChI=1S/C16H21NOS/c1-3-11-9-19-10-14(17-11)16-12(4-2)13-7-5-6-8-15(13)18-16/h5-8,11,14,17H,3-4,9-10H2,1-2H3. The number of aryl methyl sites for hydroxylation is 1. The number of thioether (sulfide) groups is 1. The zero-order valence-electron chi connectivity index (χ0n) is 11.6. The van der Waals surface area contributed by atoms with Crippen LogP contribution in [0.15, 0.2) is 28.7 Å². The minimum absolute atomic E-state index is 0.367. The van der Waals surface area contributed by atoms with E-state index in [1.54, 1.807) is 0 Å². The van der Waals surface area contributed by atoms with Gasteiger partial charge in [0.15, 0.2) is 0 Å². The monoisotopic (exact) mass is 275 g/mol. The summed E-state index contributed by atoms with van der Waals surface area (Å²) >= 11 is 2.04. The van der Waals surface area contributed by atoms with Crippen LogP contribution in [0.4, 0.5) is 0 Å². The minimum atomic E-state index is 0.367. The number of benzene rings is 1. The molecule has 0 radical (unpaired) electrons. The molecule has 1 saturated heterocycles. The average molecular weight is 275 g/mol. The maximum Gasteiger partial charge on any atom is 0.134 e. The van der Waals surface area contributed by atoms with E-state index in [0.717, 1.165) is 23.5 Å². The Hall–Kier alpha value is -0.930. The molecule has 0 aliphatic carbocycles. The lowest BCUT2D eigenvalue weighted by Gasteiger charge is -2.29. The van der Waals surface area contributed by atoms with Crippen LogP contribution in [-0.2, 0) is 6.42 Å². The van der Waals surface area contributed by atoms with E-state index in [1.165, 1.54) is 23.1 Å². The number of para-hydroxylation sites is 1. The van der Waals surface area contributed by atoms with Crippen LogP contribution >= 0.6 is 11.8 Å². The van der Waals surface area contributed by atoms with Gasteiger partial charge in [0, 0.05) is 28.5 Å². The van der Waals surface area contributed by atoms with Gasteiger partial charge in [-0.05, 0) is 18.9 Å². The predicted molar refractivity (Wildman–Crippen MR) is 82.9 cm³/mol. The number of furan rings is 1. The summed E-state index contributed by atoms with van der Waals surface area (Å²) in [6.07, 6.45) is 2.22. The fraction of sp³-hybridized carbons (Fsp3) is 0.500. The second kappa shape index (κ2) is 5.59. The smallest absolute Gasteiger partial charge is 0.134 e. The molecule has 3 rings (SSSR count). The van der Waals surface area contributed by atoms with Crippen molar-refractivity contribution in [2.75, 3.05) is 11.5 Å². The van der Waals surface area contributed by atoms with Crippen LogP contribution in [0, 0.1) is 0 Å². The molecule has 1 aromatic carbocycles. The Kier molecular flexibility index (Phi) is 3.85. The molecule has 1 N–H and O–H groups in total. The first-order valence-electron chi connectivity index (χ1n) is 7.17. The molecule has 1 aliphatic rings. The number of hydrogen-bond donors (Lipinski definition) is 1. The molecule has 0 bridgehead atoms. The van der Waals surface area contributed by atoms with Gasteiger partial charge < -0.3 is 9.73 Å². The highest BCUT2D eigenvalue weighted by molar-refractivity contribution is 7.99. The van der Waals surface area contributed by atoms with Crippen LogP contribution in [0.2, 0.25) is 0 Å². The zero-order chi connectivity index (χ0) is 13.2. The Labute approximate surface area is 118 Å². The Bertz CT molecular complexity index is 563. The first-order valence-corrected chi connectivity index (χ1v) is 8.33. The van der Waals surface area contributed by atoms with E-state index in [-0.39, 0.29) is 0 Å². The molecule has 3 heteroatoms. The van der Waals surface area contributed by atoms with Crippen molar-refractivity contribution in [3.05, 3.63) is 35.6 Å². The van der Waals surface area contributed by atoms with E-state index < -0.39 is 0 Å². The molecule has 0 saturated carbocycles. The summed E-state index contributed by atoms with van der Waals surface area (Å²) in [6, 6.07) is 9.37. The van der Waals surface area contributed by atoms with Gasteiger partial charge in [-0.25, -0.2) is 0 Å². The van der Waals surface area contributed by atoms with Gasteiger partial charge in [0.25, 0.3) is 0 Å². The lowest BCUT2D eigenvalue weighted by molar-refractivity contribution is 0.401. The molecular formula is C16H21NOS. The van der Waals surface area contributed by atoms with Crippen LogP contribution in [0.3, 0.4) is 0 Å². The second-order valence-corrected chi connectivity index (χ2v) is 6.23. The first-order chi connectivity index (χ1) is 9.33. The lowest BCUT2D eigenvalue weighted by atomic mass is 10.0. The van der Waals surface area contributed by atoms with E-state index in [0.29, 0.717) is 12.1 Å².